The Balaban J connectivity index is -0.0000000450. The number of hydrogen-bond acceptors (Lipinski definition) is 1. The molecule has 0 rings (SSSR count). The number of hydrogen-bond donors (Lipinski definition) is 2. The van der Waals surface area contributed by atoms with Gasteiger partial charge in [-0.1, -0.05) is 0 Å². The Labute approximate surface area is 96.5 Å². The van der Waals surface area contributed by atoms with Gasteiger partial charge in [-0.25, -0.2) is 4.79 Å². The van der Waals surface area contributed by atoms with Gasteiger partial charge in [-0.15, -0.1) is 0 Å². The van der Waals surface area contributed by atoms with Gasteiger partial charge in [0.15, 0.2) is 0 Å². The van der Waals surface area contributed by atoms with Crippen LogP contribution in [0.4, 0.5) is 4.79 Å². The molecule has 31 valence electrons. The molecule has 1 radical (unpaired) electrons. The van der Waals surface area contributed by atoms with Crippen LogP contribution < -0.4 is 0 Å². The molecule has 0 aliphatic rings. The molecular formula is CH2CeLaO3. The van der Waals surface area contributed by atoms with Crippen molar-refractivity contribution in [3.8, 4) is 0 Å². The molecule has 0 atom stereocenters. The summed E-state index contributed by atoms with van der Waals surface area (Å²) < 4.78 is 0. The summed E-state index contributed by atoms with van der Waals surface area (Å²) in [7, 11) is 0. The molecule has 0 saturated carbocycles. The van der Waals surface area contributed by atoms with E-state index in [1.165, 1.54) is 0 Å². The summed E-state index contributed by atoms with van der Waals surface area (Å²) in [5, 5.41) is 13.9. The molecule has 0 aromatic carbocycles. The average Bonchev–Trinajstić information content (AvgIpc) is 0.811. The quantitative estimate of drug-likeness (QED) is 0.663. The Morgan fingerprint density at radius 2 is 1.33 bits per heavy atom. The van der Waals surface area contributed by atoms with E-state index >= 15 is 0 Å². The molecule has 0 aromatic rings. The predicted molar refractivity (Wildman–Crippen MR) is 10.7 cm³/mol. The first-order valence-electron chi connectivity index (χ1n) is 0.651. The third-order valence-electron chi connectivity index (χ3n) is 0. The summed E-state index contributed by atoms with van der Waals surface area (Å²) >= 11 is 0. The van der Waals surface area contributed by atoms with Crippen LogP contribution in [0.15, 0.2) is 0 Å². The summed E-state index contributed by atoms with van der Waals surface area (Å²) in [6, 6.07) is 0. The molecule has 6 heavy (non-hydrogen) atoms. The average molecular weight is 341 g/mol. The van der Waals surface area contributed by atoms with E-state index in [0.29, 0.717) is 0 Å². The Bertz CT molecular complexity index is 33.8. The van der Waals surface area contributed by atoms with E-state index in [-0.39, 0.29) is 77.3 Å². The zero-order valence-electron chi connectivity index (χ0n) is 2.88. The van der Waals surface area contributed by atoms with Crippen LogP contribution in [0.25, 0.3) is 0 Å². The molecule has 0 unspecified atom stereocenters. The minimum atomic E-state index is -1.83. The SMILES string of the molecule is O=C(O)O.[Ce].[La]. The second kappa shape index (κ2) is 9.96. The van der Waals surface area contributed by atoms with Gasteiger partial charge in [0.2, 0.25) is 0 Å². The molecule has 0 aliphatic carbocycles. The van der Waals surface area contributed by atoms with E-state index in [1.54, 1.807) is 0 Å². The van der Waals surface area contributed by atoms with Gasteiger partial charge < -0.3 is 10.2 Å². The summed E-state index contributed by atoms with van der Waals surface area (Å²) in [4.78, 5) is 8.56. The van der Waals surface area contributed by atoms with Crippen LogP contribution in [0.5, 0.6) is 0 Å². The van der Waals surface area contributed by atoms with Crippen molar-refractivity contribution in [2.75, 3.05) is 0 Å². The molecule has 0 bridgehead atoms. The number of rotatable bonds is 0. The van der Waals surface area contributed by atoms with Gasteiger partial charge in [0.25, 0.3) is 0 Å². The maximum absolute atomic E-state index is 8.56. The van der Waals surface area contributed by atoms with E-state index in [0.717, 1.165) is 0 Å². The monoisotopic (exact) mass is 341 g/mol. The van der Waals surface area contributed by atoms with Gasteiger partial charge >= 0.3 is 6.16 Å². The van der Waals surface area contributed by atoms with Gasteiger partial charge in [0.1, 0.15) is 0 Å². The maximum atomic E-state index is 8.56. The Morgan fingerprint density at radius 3 is 1.33 bits per heavy atom. The third-order valence-corrected chi connectivity index (χ3v) is 0. The first kappa shape index (κ1) is 15.7. The topological polar surface area (TPSA) is 57.5 Å². The molecule has 2 N–H and O–H groups in total. The van der Waals surface area contributed by atoms with Gasteiger partial charge in [-0.3, -0.25) is 0 Å². The van der Waals surface area contributed by atoms with Gasteiger partial charge in [0.05, 0.1) is 0 Å². The van der Waals surface area contributed by atoms with Crippen molar-refractivity contribution in [1.82, 2.24) is 0 Å². The Hall–Kier alpha value is 1.84. The summed E-state index contributed by atoms with van der Waals surface area (Å²) in [6.45, 7) is 0. The Kier molecular flexibility index (Phi) is 26.0. The van der Waals surface area contributed by atoms with Crippen LogP contribution in [-0.2, 0) is 0 Å². The van der Waals surface area contributed by atoms with Crippen molar-refractivity contribution in [3.05, 3.63) is 0 Å². The van der Waals surface area contributed by atoms with Crippen molar-refractivity contribution in [2.45, 2.75) is 0 Å². The van der Waals surface area contributed by atoms with Crippen LogP contribution in [0.3, 0.4) is 0 Å². The molecule has 5 heteroatoms. The molecule has 3 nitrogen and oxygen atoms in total. The number of carbonyl (C=O) groups is 1. The zero-order chi connectivity index (χ0) is 3.58. The summed E-state index contributed by atoms with van der Waals surface area (Å²) in [5.41, 5.74) is 0. The van der Waals surface area contributed by atoms with Crippen LogP contribution in [0.2, 0.25) is 0 Å². The van der Waals surface area contributed by atoms with Crippen molar-refractivity contribution >= 4 is 6.16 Å². The van der Waals surface area contributed by atoms with Crippen LogP contribution >= 0.6 is 0 Å². The largest absolute Gasteiger partial charge is 0.503 e. The normalized spacial score (nSPS) is 4.00. The molecule has 0 amide bonds. The van der Waals surface area contributed by atoms with E-state index in [1.807, 2.05) is 0 Å². The fourth-order valence-corrected chi connectivity index (χ4v) is 0. The predicted octanol–water partition coefficient (Wildman–Crippen LogP) is 0.222. The molecular weight excluding hydrogens is 339 g/mol. The van der Waals surface area contributed by atoms with Crippen molar-refractivity contribution in [2.24, 2.45) is 0 Å². The van der Waals surface area contributed by atoms with E-state index in [4.69, 9.17) is 15.0 Å². The van der Waals surface area contributed by atoms with Gasteiger partial charge in [-0.05, 0) is 0 Å². The van der Waals surface area contributed by atoms with E-state index in [2.05, 4.69) is 0 Å². The fraction of sp³-hybridized carbons (Fsp3) is 0. The van der Waals surface area contributed by atoms with Crippen molar-refractivity contribution in [3.63, 3.8) is 0 Å². The molecule has 0 aromatic heterocycles. The second-order valence-corrected chi connectivity index (χ2v) is 0.283. The van der Waals surface area contributed by atoms with E-state index < -0.39 is 6.16 Å². The van der Waals surface area contributed by atoms with Crippen LogP contribution in [0, 0.1) is 77.3 Å². The smallest absolute Gasteiger partial charge is 0.450 e. The summed E-state index contributed by atoms with van der Waals surface area (Å²) in [6.07, 6.45) is -1.83. The van der Waals surface area contributed by atoms with Crippen LogP contribution in [0.1, 0.15) is 0 Å². The van der Waals surface area contributed by atoms with Crippen molar-refractivity contribution < 1.29 is 92.4 Å². The maximum Gasteiger partial charge on any atom is 0.503 e. The Morgan fingerprint density at radius 1 is 1.33 bits per heavy atom. The van der Waals surface area contributed by atoms with Gasteiger partial charge in [0, 0.05) is 77.3 Å². The van der Waals surface area contributed by atoms with Crippen molar-refractivity contribution in [1.29, 1.82) is 0 Å². The minimum absolute atomic E-state index is 0. The molecule has 0 fully saturated rings. The molecule has 0 saturated heterocycles. The minimum Gasteiger partial charge on any atom is -0.450 e. The first-order chi connectivity index (χ1) is 1.73. The molecule has 0 spiro atoms. The molecule has 0 aliphatic heterocycles. The summed E-state index contributed by atoms with van der Waals surface area (Å²) in [5.74, 6) is 0. The second-order valence-electron chi connectivity index (χ2n) is 0.283. The van der Waals surface area contributed by atoms with Gasteiger partial charge in [-0.2, -0.15) is 0 Å². The molecule has 0 heterocycles. The first-order valence-corrected chi connectivity index (χ1v) is 0.651. The third kappa shape index (κ3) is 40.4. The van der Waals surface area contributed by atoms with Crippen LogP contribution in [-0.4, -0.2) is 16.4 Å². The standard InChI is InChI=1S/CH2O3.Ce.La/c2-1(3)4;;/h(H2,2,3,4);;. The zero-order valence-corrected chi connectivity index (χ0v) is 9.65. The fourth-order valence-electron chi connectivity index (χ4n) is 0. The number of carboxylic acid groups (broad SMARTS) is 2. The van der Waals surface area contributed by atoms with E-state index in [9.17, 15) is 0 Å².